The van der Waals surface area contributed by atoms with Crippen LogP contribution in [0.25, 0.3) is 0 Å². The number of nitrogens with zero attached hydrogens (tertiary/aromatic N) is 4. The average Bonchev–Trinajstić information content (AvgIpc) is 3.30. The third kappa shape index (κ3) is 7.02. The number of aryl methyl sites for hydroxylation is 1. The summed E-state index contributed by atoms with van der Waals surface area (Å²) in [6.45, 7) is 6.61. The largest absolute Gasteiger partial charge is 0.382 e. The molecule has 1 aromatic heterocycles. The van der Waals surface area contributed by atoms with Gasteiger partial charge in [-0.05, 0) is 44.4 Å². The van der Waals surface area contributed by atoms with Crippen molar-refractivity contribution in [2.24, 2.45) is 10.4 Å². The molecular formula is C18H34N6O. The van der Waals surface area contributed by atoms with Crippen molar-refractivity contribution in [3.05, 3.63) is 12.7 Å². The summed E-state index contributed by atoms with van der Waals surface area (Å²) in [6, 6.07) is 0. The normalized spacial score (nSPS) is 17.0. The molecule has 0 aliphatic heterocycles. The molecule has 0 spiro atoms. The number of rotatable bonds is 11. The summed E-state index contributed by atoms with van der Waals surface area (Å²) >= 11 is 0. The minimum Gasteiger partial charge on any atom is -0.382 e. The second kappa shape index (κ2) is 11.1. The molecule has 142 valence electrons. The van der Waals surface area contributed by atoms with Gasteiger partial charge in [0, 0.05) is 39.9 Å². The lowest BCUT2D eigenvalue weighted by molar-refractivity contribution is 0.105. The van der Waals surface area contributed by atoms with E-state index in [0.717, 1.165) is 58.1 Å². The van der Waals surface area contributed by atoms with Crippen LogP contribution in [0.15, 0.2) is 17.6 Å². The van der Waals surface area contributed by atoms with Crippen molar-refractivity contribution in [3.8, 4) is 0 Å². The van der Waals surface area contributed by atoms with Gasteiger partial charge < -0.3 is 19.9 Å². The lowest BCUT2D eigenvalue weighted by Gasteiger charge is -2.30. The highest BCUT2D eigenvalue weighted by molar-refractivity contribution is 5.79. The Morgan fingerprint density at radius 2 is 1.96 bits per heavy atom. The number of hydrogen-bond donors (Lipinski definition) is 2. The van der Waals surface area contributed by atoms with Crippen molar-refractivity contribution >= 4 is 5.96 Å². The minimum atomic E-state index is 0.376. The van der Waals surface area contributed by atoms with Gasteiger partial charge in [0.25, 0.3) is 0 Å². The molecule has 0 bridgehead atoms. The van der Waals surface area contributed by atoms with Gasteiger partial charge in [-0.15, -0.1) is 10.2 Å². The van der Waals surface area contributed by atoms with E-state index >= 15 is 0 Å². The first-order valence-electron chi connectivity index (χ1n) is 9.63. The molecule has 25 heavy (non-hydrogen) atoms. The SMILES string of the molecule is CCOCCC1(CNC(=NC)NCCCCn2cnnc2)CCCC1. The Balaban J connectivity index is 1.64. The molecule has 0 aromatic carbocycles. The summed E-state index contributed by atoms with van der Waals surface area (Å²) in [5, 5.41) is 14.6. The molecule has 7 nitrogen and oxygen atoms in total. The topological polar surface area (TPSA) is 76.4 Å². The van der Waals surface area contributed by atoms with Gasteiger partial charge in [0.2, 0.25) is 0 Å². The maximum Gasteiger partial charge on any atom is 0.190 e. The molecule has 0 saturated heterocycles. The van der Waals surface area contributed by atoms with Crippen molar-refractivity contribution in [1.29, 1.82) is 0 Å². The molecule has 1 heterocycles. The Morgan fingerprint density at radius 3 is 2.64 bits per heavy atom. The first-order chi connectivity index (χ1) is 12.3. The summed E-state index contributed by atoms with van der Waals surface area (Å²) in [6.07, 6.45) is 12.1. The van der Waals surface area contributed by atoms with Crippen LogP contribution >= 0.6 is 0 Å². The second-order valence-electron chi connectivity index (χ2n) is 6.91. The Bertz CT molecular complexity index is 482. The molecule has 0 atom stereocenters. The highest BCUT2D eigenvalue weighted by atomic mass is 16.5. The second-order valence-corrected chi connectivity index (χ2v) is 6.91. The van der Waals surface area contributed by atoms with E-state index in [4.69, 9.17) is 4.74 Å². The maximum absolute atomic E-state index is 5.59. The summed E-state index contributed by atoms with van der Waals surface area (Å²) in [7, 11) is 1.84. The van der Waals surface area contributed by atoms with Crippen molar-refractivity contribution in [1.82, 2.24) is 25.4 Å². The van der Waals surface area contributed by atoms with E-state index < -0.39 is 0 Å². The van der Waals surface area contributed by atoms with E-state index in [9.17, 15) is 0 Å². The number of guanidine groups is 1. The number of ether oxygens (including phenoxy) is 1. The predicted octanol–water partition coefficient (Wildman–Crippen LogP) is 2.21. The van der Waals surface area contributed by atoms with E-state index in [1.165, 1.54) is 25.7 Å². The van der Waals surface area contributed by atoms with Gasteiger partial charge in [0.15, 0.2) is 5.96 Å². The zero-order chi connectivity index (χ0) is 17.8. The third-order valence-corrected chi connectivity index (χ3v) is 5.10. The third-order valence-electron chi connectivity index (χ3n) is 5.10. The lowest BCUT2D eigenvalue weighted by Crippen LogP contribution is -2.43. The average molecular weight is 351 g/mol. The molecule has 1 saturated carbocycles. The van der Waals surface area contributed by atoms with E-state index in [0.29, 0.717) is 5.41 Å². The molecule has 1 fully saturated rings. The van der Waals surface area contributed by atoms with Gasteiger partial charge >= 0.3 is 0 Å². The Labute approximate surface area is 151 Å². The Hall–Kier alpha value is -1.63. The van der Waals surface area contributed by atoms with Gasteiger partial charge in [-0.3, -0.25) is 4.99 Å². The zero-order valence-electron chi connectivity index (χ0n) is 15.8. The molecule has 2 rings (SSSR count). The molecule has 1 aromatic rings. The van der Waals surface area contributed by atoms with Gasteiger partial charge in [-0.2, -0.15) is 0 Å². The fourth-order valence-corrected chi connectivity index (χ4v) is 3.53. The first-order valence-corrected chi connectivity index (χ1v) is 9.63. The van der Waals surface area contributed by atoms with Gasteiger partial charge in [-0.1, -0.05) is 12.8 Å². The molecule has 0 radical (unpaired) electrons. The van der Waals surface area contributed by atoms with Crippen molar-refractivity contribution < 1.29 is 4.74 Å². The van der Waals surface area contributed by atoms with Crippen LogP contribution in [-0.4, -0.2) is 54.1 Å². The monoisotopic (exact) mass is 350 g/mol. The first kappa shape index (κ1) is 19.7. The van der Waals surface area contributed by atoms with Crippen LogP contribution in [0.2, 0.25) is 0 Å². The van der Waals surface area contributed by atoms with Crippen LogP contribution in [0.3, 0.4) is 0 Å². The van der Waals surface area contributed by atoms with E-state index in [1.807, 2.05) is 11.6 Å². The Morgan fingerprint density at radius 1 is 1.20 bits per heavy atom. The molecule has 0 unspecified atom stereocenters. The highest BCUT2D eigenvalue weighted by Gasteiger charge is 2.33. The molecular weight excluding hydrogens is 316 g/mol. The number of unbranched alkanes of at least 4 members (excludes halogenated alkanes) is 1. The minimum absolute atomic E-state index is 0.376. The summed E-state index contributed by atoms with van der Waals surface area (Å²) in [4.78, 5) is 4.36. The van der Waals surface area contributed by atoms with Gasteiger partial charge in [-0.25, -0.2) is 0 Å². The summed E-state index contributed by atoms with van der Waals surface area (Å²) < 4.78 is 7.60. The van der Waals surface area contributed by atoms with Crippen LogP contribution in [0.4, 0.5) is 0 Å². The molecule has 1 aliphatic rings. The highest BCUT2D eigenvalue weighted by Crippen LogP contribution is 2.40. The summed E-state index contributed by atoms with van der Waals surface area (Å²) in [5.74, 6) is 0.909. The number of nitrogens with one attached hydrogen (secondary N) is 2. The fraction of sp³-hybridized carbons (Fsp3) is 0.833. The number of hydrogen-bond acceptors (Lipinski definition) is 4. The van der Waals surface area contributed by atoms with Crippen LogP contribution < -0.4 is 10.6 Å². The van der Waals surface area contributed by atoms with Crippen molar-refractivity contribution in [3.63, 3.8) is 0 Å². The molecule has 2 N–H and O–H groups in total. The lowest BCUT2D eigenvalue weighted by atomic mass is 9.83. The fourth-order valence-electron chi connectivity index (χ4n) is 3.53. The maximum atomic E-state index is 5.59. The van der Waals surface area contributed by atoms with Crippen molar-refractivity contribution in [2.75, 3.05) is 33.4 Å². The van der Waals surface area contributed by atoms with Gasteiger partial charge in [0.1, 0.15) is 12.7 Å². The van der Waals surface area contributed by atoms with E-state index in [1.54, 1.807) is 12.7 Å². The molecule has 7 heteroatoms. The van der Waals surface area contributed by atoms with Crippen LogP contribution in [-0.2, 0) is 11.3 Å². The molecule has 1 aliphatic carbocycles. The predicted molar refractivity (Wildman–Crippen MR) is 101 cm³/mol. The summed E-state index contributed by atoms with van der Waals surface area (Å²) in [5.41, 5.74) is 0.376. The zero-order valence-corrected chi connectivity index (χ0v) is 15.8. The van der Waals surface area contributed by atoms with Crippen LogP contribution in [0.1, 0.15) is 51.9 Å². The number of aromatic nitrogens is 3. The van der Waals surface area contributed by atoms with E-state index in [2.05, 4.69) is 32.7 Å². The van der Waals surface area contributed by atoms with Crippen LogP contribution in [0, 0.1) is 5.41 Å². The number of aliphatic imine (C=N–C) groups is 1. The van der Waals surface area contributed by atoms with Crippen molar-refractivity contribution in [2.45, 2.75) is 58.4 Å². The van der Waals surface area contributed by atoms with E-state index in [-0.39, 0.29) is 0 Å². The quantitative estimate of drug-likeness (QED) is 0.363. The van der Waals surface area contributed by atoms with Crippen LogP contribution in [0.5, 0.6) is 0 Å². The molecule has 0 amide bonds. The Kier molecular flexibility index (Phi) is 8.72. The van der Waals surface area contributed by atoms with Gasteiger partial charge in [0.05, 0.1) is 0 Å². The smallest absolute Gasteiger partial charge is 0.190 e. The standard InChI is InChI=1S/C18H34N6O/c1-3-25-13-10-18(8-4-5-9-18)14-21-17(19-2)20-11-6-7-12-24-15-22-23-16-24/h15-16H,3-14H2,1-2H3,(H2,19,20,21).